The maximum Gasteiger partial charge on any atom is 0.293 e. The number of rotatable bonds is 8. The quantitative estimate of drug-likeness (QED) is 0.734. The summed E-state index contributed by atoms with van der Waals surface area (Å²) in [4.78, 5) is 16.2. The molecule has 0 atom stereocenters. The van der Waals surface area contributed by atoms with Crippen molar-refractivity contribution in [2.75, 3.05) is 11.9 Å². The Balaban J connectivity index is 2.58. The van der Waals surface area contributed by atoms with Gasteiger partial charge in [0.15, 0.2) is 5.82 Å². The molecular weight excluding hydrogens is 238 g/mol. The van der Waals surface area contributed by atoms with Crippen LogP contribution in [-0.4, -0.2) is 16.1 Å². The van der Waals surface area contributed by atoms with Crippen molar-refractivity contribution < 1.29 is 0 Å². The Kier molecular flexibility index (Phi) is 6.06. The van der Waals surface area contributed by atoms with Gasteiger partial charge in [-0.25, -0.2) is 4.98 Å². The van der Waals surface area contributed by atoms with E-state index in [9.17, 15) is 4.79 Å². The molecule has 0 saturated heterocycles. The highest BCUT2D eigenvalue weighted by Crippen LogP contribution is 2.23. The molecule has 1 aromatic rings. The first-order valence-corrected chi connectivity index (χ1v) is 7.29. The molecule has 1 rings (SSSR count). The fraction of sp³-hybridized carbons (Fsp3) is 0.733. The zero-order valence-electron chi connectivity index (χ0n) is 12.7. The summed E-state index contributed by atoms with van der Waals surface area (Å²) in [6.45, 7) is 10.1. The van der Waals surface area contributed by atoms with E-state index < -0.39 is 0 Å². The first-order valence-electron chi connectivity index (χ1n) is 7.29. The minimum atomic E-state index is -0.0330. The Morgan fingerprint density at radius 2 is 2.05 bits per heavy atom. The average molecular weight is 265 g/mol. The molecule has 1 aromatic heterocycles. The van der Waals surface area contributed by atoms with Crippen molar-refractivity contribution in [1.29, 1.82) is 0 Å². The fourth-order valence-electron chi connectivity index (χ4n) is 2.08. The predicted octanol–water partition coefficient (Wildman–Crippen LogP) is 3.28. The summed E-state index contributed by atoms with van der Waals surface area (Å²) in [7, 11) is 0. The molecule has 0 aliphatic carbocycles. The molecule has 0 spiro atoms. The molecule has 0 amide bonds. The molecule has 0 radical (unpaired) electrons. The van der Waals surface area contributed by atoms with Crippen LogP contribution in [0.3, 0.4) is 0 Å². The zero-order valence-corrected chi connectivity index (χ0v) is 12.7. The maximum atomic E-state index is 12.0. The highest BCUT2D eigenvalue weighted by molar-refractivity contribution is 5.31. The lowest BCUT2D eigenvalue weighted by atomic mass is 9.87. The van der Waals surface area contributed by atoms with Gasteiger partial charge in [0.25, 0.3) is 5.56 Å². The van der Waals surface area contributed by atoms with Crippen LogP contribution < -0.4 is 10.9 Å². The number of unbranched alkanes of at least 4 members (excludes halogenated alkanes) is 2. The van der Waals surface area contributed by atoms with Gasteiger partial charge in [-0.1, -0.05) is 40.0 Å². The van der Waals surface area contributed by atoms with E-state index in [-0.39, 0.29) is 11.0 Å². The van der Waals surface area contributed by atoms with Crippen molar-refractivity contribution in [3.63, 3.8) is 0 Å². The first-order chi connectivity index (χ1) is 9.00. The number of hydrogen-bond donors (Lipinski definition) is 1. The van der Waals surface area contributed by atoms with Crippen LogP contribution in [0, 0.1) is 5.41 Å². The number of nitrogens with zero attached hydrogens (tertiary/aromatic N) is 2. The van der Waals surface area contributed by atoms with Gasteiger partial charge in [0.05, 0.1) is 0 Å². The summed E-state index contributed by atoms with van der Waals surface area (Å²) in [5.74, 6) is 0.466. The third kappa shape index (κ3) is 5.05. The predicted molar refractivity (Wildman–Crippen MR) is 80.6 cm³/mol. The molecule has 0 aromatic carbocycles. The second-order valence-electron chi connectivity index (χ2n) is 5.84. The zero-order chi connectivity index (χ0) is 14.3. The molecule has 0 unspecified atom stereocenters. The normalized spacial score (nSPS) is 11.6. The summed E-state index contributed by atoms with van der Waals surface area (Å²) >= 11 is 0. The van der Waals surface area contributed by atoms with Crippen molar-refractivity contribution in [3.8, 4) is 0 Å². The second kappa shape index (κ2) is 7.31. The Labute approximate surface area is 116 Å². The molecule has 0 bridgehead atoms. The minimum absolute atomic E-state index is 0.0330. The standard InChI is InChI=1S/C15H27N3O/c1-5-7-8-9-15(3,4)12-17-13-14(19)18(6-2)11-10-16-13/h10-11H,5-9,12H2,1-4H3,(H,16,17). The lowest BCUT2D eigenvalue weighted by Crippen LogP contribution is -2.29. The Morgan fingerprint density at radius 1 is 1.32 bits per heavy atom. The van der Waals surface area contributed by atoms with Gasteiger partial charge < -0.3 is 9.88 Å². The summed E-state index contributed by atoms with van der Waals surface area (Å²) in [5, 5.41) is 3.21. The Hall–Kier alpha value is -1.32. The van der Waals surface area contributed by atoms with Crippen molar-refractivity contribution in [3.05, 3.63) is 22.7 Å². The molecule has 0 saturated carbocycles. The third-order valence-corrected chi connectivity index (χ3v) is 3.45. The highest BCUT2D eigenvalue weighted by Gasteiger charge is 2.18. The van der Waals surface area contributed by atoms with Gasteiger partial charge in [-0.3, -0.25) is 4.79 Å². The van der Waals surface area contributed by atoms with Crippen LogP contribution in [0.2, 0.25) is 0 Å². The first kappa shape index (κ1) is 15.7. The lowest BCUT2D eigenvalue weighted by molar-refractivity contribution is 0.342. The van der Waals surface area contributed by atoms with Crippen LogP contribution in [0.15, 0.2) is 17.2 Å². The highest BCUT2D eigenvalue weighted by atomic mass is 16.1. The van der Waals surface area contributed by atoms with Crippen LogP contribution in [0.4, 0.5) is 5.82 Å². The number of anilines is 1. The molecule has 4 nitrogen and oxygen atoms in total. The molecule has 108 valence electrons. The molecule has 1 N–H and O–H groups in total. The van der Waals surface area contributed by atoms with Crippen molar-refractivity contribution in [2.24, 2.45) is 5.41 Å². The van der Waals surface area contributed by atoms with Gasteiger partial charge in [0, 0.05) is 25.5 Å². The van der Waals surface area contributed by atoms with E-state index in [1.165, 1.54) is 25.7 Å². The minimum Gasteiger partial charge on any atom is -0.365 e. The molecule has 4 heteroatoms. The lowest BCUT2D eigenvalue weighted by Gasteiger charge is -2.25. The van der Waals surface area contributed by atoms with Crippen LogP contribution in [0.1, 0.15) is 53.4 Å². The second-order valence-corrected chi connectivity index (χ2v) is 5.84. The monoisotopic (exact) mass is 265 g/mol. The van der Waals surface area contributed by atoms with Gasteiger partial charge in [-0.15, -0.1) is 0 Å². The van der Waals surface area contributed by atoms with E-state index >= 15 is 0 Å². The summed E-state index contributed by atoms with van der Waals surface area (Å²) in [6.07, 6.45) is 8.33. The van der Waals surface area contributed by atoms with Gasteiger partial charge in [-0.2, -0.15) is 0 Å². The van der Waals surface area contributed by atoms with Crippen molar-refractivity contribution in [1.82, 2.24) is 9.55 Å². The number of aryl methyl sites for hydroxylation is 1. The Bertz CT molecular complexity index is 437. The van der Waals surface area contributed by atoms with Gasteiger partial charge in [0.2, 0.25) is 0 Å². The Morgan fingerprint density at radius 3 is 2.68 bits per heavy atom. The van der Waals surface area contributed by atoms with Gasteiger partial charge in [0.1, 0.15) is 0 Å². The average Bonchev–Trinajstić information content (AvgIpc) is 2.38. The van der Waals surface area contributed by atoms with E-state index in [0.717, 1.165) is 6.54 Å². The van der Waals surface area contributed by atoms with Gasteiger partial charge >= 0.3 is 0 Å². The number of nitrogens with one attached hydrogen (secondary N) is 1. The van der Waals surface area contributed by atoms with Crippen LogP contribution in [0.5, 0.6) is 0 Å². The SMILES string of the molecule is CCCCCC(C)(C)CNc1nccn(CC)c1=O. The molecule has 19 heavy (non-hydrogen) atoms. The largest absolute Gasteiger partial charge is 0.365 e. The van der Waals surface area contributed by atoms with E-state index in [1.54, 1.807) is 17.0 Å². The summed E-state index contributed by atoms with van der Waals surface area (Å²) < 4.78 is 1.67. The van der Waals surface area contributed by atoms with Crippen molar-refractivity contribution >= 4 is 5.82 Å². The molecule has 0 aliphatic rings. The van der Waals surface area contributed by atoms with Crippen LogP contribution in [-0.2, 0) is 6.54 Å². The van der Waals surface area contributed by atoms with Crippen LogP contribution >= 0.6 is 0 Å². The smallest absolute Gasteiger partial charge is 0.293 e. The van der Waals surface area contributed by atoms with Crippen LogP contribution in [0.25, 0.3) is 0 Å². The molecule has 0 fully saturated rings. The summed E-state index contributed by atoms with van der Waals surface area (Å²) in [6, 6.07) is 0. The third-order valence-electron chi connectivity index (χ3n) is 3.45. The number of hydrogen-bond acceptors (Lipinski definition) is 3. The molecule has 1 heterocycles. The van der Waals surface area contributed by atoms with E-state index in [2.05, 4.69) is 31.1 Å². The fourth-order valence-corrected chi connectivity index (χ4v) is 2.08. The number of aromatic nitrogens is 2. The van der Waals surface area contributed by atoms with Crippen molar-refractivity contribution in [2.45, 2.75) is 59.9 Å². The van der Waals surface area contributed by atoms with E-state index in [1.807, 2.05) is 6.92 Å². The maximum absolute atomic E-state index is 12.0. The summed E-state index contributed by atoms with van der Waals surface area (Å²) in [5.41, 5.74) is 0.158. The topological polar surface area (TPSA) is 46.9 Å². The van der Waals surface area contributed by atoms with E-state index in [0.29, 0.717) is 12.4 Å². The van der Waals surface area contributed by atoms with E-state index in [4.69, 9.17) is 0 Å². The molecule has 0 aliphatic heterocycles. The van der Waals surface area contributed by atoms with Gasteiger partial charge in [-0.05, 0) is 18.8 Å². The molecular formula is C15H27N3O.